The van der Waals surface area contributed by atoms with Gasteiger partial charge >= 0.3 is 5.97 Å². The van der Waals surface area contributed by atoms with E-state index in [-0.39, 0.29) is 11.9 Å². The van der Waals surface area contributed by atoms with Crippen LogP contribution in [0.4, 0.5) is 0 Å². The van der Waals surface area contributed by atoms with Gasteiger partial charge in [0.05, 0.1) is 13.0 Å². The van der Waals surface area contributed by atoms with Crippen LogP contribution in [0.5, 0.6) is 0 Å². The third kappa shape index (κ3) is 5.49. The molecule has 0 radical (unpaired) electrons. The number of hydrogen-bond donors (Lipinski definition) is 0. The van der Waals surface area contributed by atoms with Crippen molar-refractivity contribution in [3.05, 3.63) is 0 Å². The van der Waals surface area contributed by atoms with Crippen LogP contribution in [0.3, 0.4) is 0 Å². The number of amides is 1. The van der Waals surface area contributed by atoms with E-state index in [4.69, 9.17) is 4.74 Å². The second-order valence-electron chi connectivity index (χ2n) is 5.78. The summed E-state index contributed by atoms with van der Waals surface area (Å²) in [4.78, 5) is 27.0. The van der Waals surface area contributed by atoms with Gasteiger partial charge in [0.2, 0.25) is 5.91 Å². The summed E-state index contributed by atoms with van der Waals surface area (Å²) >= 11 is 0. The highest BCUT2D eigenvalue weighted by Gasteiger charge is 2.21. The zero-order valence-electron chi connectivity index (χ0n) is 11.9. The van der Waals surface area contributed by atoms with E-state index in [2.05, 4.69) is 0 Å². The number of esters is 1. The minimum Gasteiger partial charge on any atom is -0.460 e. The van der Waals surface area contributed by atoms with E-state index in [9.17, 15) is 9.59 Å². The molecule has 1 aliphatic heterocycles. The zero-order chi connectivity index (χ0) is 13.8. The maximum atomic E-state index is 11.7. The summed E-state index contributed by atoms with van der Waals surface area (Å²) in [7, 11) is 1.82. The molecule has 1 fully saturated rings. The predicted molar refractivity (Wildman–Crippen MR) is 69.2 cm³/mol. The second kappa shape index (κ2) is 6.18. The molecule has 0 atom stereocenters. The Hall–Kier alpha value is -1.10. The largest absolute Gasteiger partial charge is 0.460 e. The SMILES string of the molecule is CN1CCCN(CCC(=O)OC(C)(C)C)CC1=O. The summed E-state index contributed by atoms with van der Waals surface area (Å²) in [5.74, 6) is -0.0794. The first-order chi connectivity index (χ1) is 8.28. The summed E-state index contributed by atoms with van der Waals surface area (Å²) in [6.45, 7) is 8.22. The van der Waals surface area contributed by atoms with E-state index in [1.807, 2.05) is 32.7 Å². The minimum atomic E-state index is -0.439. The van der Waals surface area contributed by atoms with Crippen LogP contribution in [0.15, 0.2) is 0 Å². The van der Waals surface area contributed by atoms with Crippen LogP contribution in [-0.4, -0.2) is 60.5 Å². The molecule has 0 aliphatic carbocycles. The van der Waals surface area contributed by atoms with E-state index in [0.29, 0.717) is 19.5 Å². The Balaban J connectivity index is 2.34. The Morgan fingerprint density at radius 1 is 1.33 bits per heavy atom. The lowest BCUT2D eigenvalue weighted by molar-refractivity contribution is -0.155. The van der Waals surface area contributed by atoms with Crippen molar-refractivity contribution in [1.82, 2.24) is 9.80 Å². The van der Waals surface area contributed by atoms with Crippen LogP contribution in [0, 0.1) is 0 Å². The third-order valence-electron chi connectivity index (χ3n) is 2.80. The molecule has 0 aromatic carbocycles. The highest BCUT2D eigenvalue weighted by Crippen LogP contribution is 2.09. The van der Waals surface area contributed by atoms with Crippen molar-refractivity contribution in [3.63, 3.8) is 0 Å². The summed E-state index contributed by atoms with van der Waals surface area (Å²) in [5, 5.41) is 0. The Kier molecular flexibility index (Phi) is 5.14. The topological polar surface area (TPSA) is 49.9 Å². The standard InChI is InChI=1S/C13H24N2O3/c1-13(2,3)18-12(17)6-9-15-8-5-7-14(4)11(16)10-15/h5-10H2,1-4H3. The van der Waals surface area contributed by atoms with Gasteiger partial charge in [0.1, 0.15) is 5.60 Å². The normalized spacial score (nSPS) is 18.7. The van der Waals surface area contributed by atoms with E-state index in [1.54, 1.807) is 4.90 Å². The molecule has 0 bridgehead atoms. The molecule has 0 aromatic heterocycles. The lowest BCUT2D eigenvalue weighted by Gasteiger charge is -2.22. The first-order valence-corrected chi connectivity index (χ1v) is 6.46. The average molecular weight is 256 g/mol. The van der Waals surface area contributed by atoms with Crippen LogP contribution in [0.25, 0.3) is 0 Å². The molecule has 0 aromatic rings. The van der Waals surface area contributed by atoms with Gasteiger partial charge in [-0.1, -0.05) is 0 Å². The summed E-state index contributed by atoms with van der Waals surface area (Å²) in [5.41, 5.74) is -0.439. The number of rotatable bonds is 3. The number of likely N-dealkylation sites (N-methyl/N-ethyl adjacent to an activating group) is 1. The van der Waals surface area contributed by atoms with Gasteiger partial charge in [-0.2, -0.15) is 0 Å². The molecule has 0 saturated carbocycles. The Labute approximate surface area is 109 Å². The first kappa shape index (κ1) is 15.0. The van der Waals surface area contributed by atoms with Crippen LogP contribution in [-0.2, 0) is 14.3 Å². The predicted octanol–water partition coefficient (Wildman–Crippen LogP) is 0.882. The van der Waals surface area contributed by atoms with Crippen molar-refractivity contribution in [2.75, 3.05) is 33.2 Å². The maximum absolute atomic E-state index is 11.7. The summed E-state index contributed by atoms with van der Waals surface area (Å²) in [6.07, 6.45) is 1.30. The van der Waals surface area contributed by atoms with Gasteiger partial charge in [-0.15, -0.1) is 0 Å². The monoisotopic (exact) mass is 256 g/mol. The van der Waals surface area contributed by atoms with Crippen LogP contribution >= 0.6 is 0 Å². The molecule has 0 spiro atoms. The van der Waals surface area contributed by atoms with Gasteiger partial charge in [-0.3, -0.25) is 14.5 Å². The zero-order valence-corrected chi connectivity index (χ0v) is 11.9. The van der Waals surface area contributed by atoms with Crippen molar-refractivity contribution in [2.24, 2.45) is 0 Å². The van der Waals surface area contributed by atoms with E-state index < -0.39 is 5.60 Å². The van der Waals surface area contributed by atoms with Gasteiger partial charge < -0.3 is 9.64 Å². The fraction of sp³-hybridized carbons (Fsp3) is 0.846. The fourth-order valence-electron chi connectivity index (χ4n) is 1.88. The molecular weight excluding hydrogens is 232 g/mol. The molecule has 1 saturated heterocycles. The van der Waals surface area contributed by atoms with E-state index in [1.165, 1.54) is 0 Å². The molecule has 1 rings (SSSR count). The van der Waals surface area contributed by atoms with Crippen LogP contribution < -0.4 is 0 Å². The highest BCUT2D eigenvalue weighted by molar-refractivity contribution is 5.78. The molecule has 1 amide bonds. The lowest BCUT2D eigenvalue weighted by atomic mass is 10.2. The van der Waals surface area contributed by atoms with Crippen LogP contribution in [0.1, 0.15) is 33.6 Å². The van der Waals surface area contributed by atoms with Gasteiger partial charge in [-0.25, -0.2) is 0 Å². The first-order valence-electron chi connectivity index (χ1n) is 6.46. The van der Waals surface area contributed by atoms with Gasteiger partial charge in [0.25, 0.3) is 0 Å². The Morgan fingerprint density at radius 3 is 2.61 bits per heavy atom. The molecular formula is C13H24N2O3. The molecule has 1 aliphatic rings. The lowest BCUT2D eigenvalue weighted by Crippen LogP contribution is -2.36. The average Bonchev–Trinajstić information content (AvgIpc) is 2.36. The number of ether oxygens (including phenoxy) is 1. The fourth-order valence-corrected chi connectivity index (χ4v) is 1.88. The van der Waals surface area contributed by atoms with Crippen molar-refractivity contribution in [3.8, 4) is 0 Å². The van der Waals surface area contributed by atoms with Gasteiger partial charge in [-0.05, 0) is 27.2 Å². The van der Waals surface area contributed by atoms with E-state index in [0.717, 1.165) is 19.5 Å². The highest BCUT2D eigenvalue weighted by atomic mass is 16.6. The molecule has 5 heteroatoms. The van der Waals surface area contributed by atoms with Crippen molar-refractivity contribution >= 4 is 11.9 Å². The summed E-state index contributed by atoms with van der Waals surface area (Å²) in [6, 6.07) is 0. The molecule has 104 valence electrons. The Morgan fingerprint density at radius 2 is 2.00 bits per heavy atom. The molecule has 1 heterocycles. The van der Waals surface area contributed by atoms with Gasteiger partial charge in [0, 0.05) is 26.7 Å². The Bertz CT molecular complexity index is 310. The molecule has 5 nitrogen and oxygen atoms in total. The summed E-state index contributed by atoms with van der Waals surface area (Å²) < 4.78 is 5.25. The molecule has 18 heavy (non-hydrogen) atoms. The number of hydrogen-bond acceptors (Lipinski definition) is 4. The molecule has 0 N–H and O–H groups in total. The third-order valence-corrected chi connectivity index (χ3v) is 2.80. The second-order valence-corrected chi connectivity index (χ2v) is 5.78. The number of carbonyl (C=O) groups excluding carboxylic acids is 2. The number of carbonyl (C=O) groups is 2. The van der Waals surface area contributed by atoms with Crippen LogP contribution in [0.2, 0.25) is 0 Å². The van der Waals surface area contributed by atoms with Crippen molar-refractivity contribution in [2.45, 2.75) is 39.2 Å². The van der Waals surface area contributed by atoms with Crippen molar-refractivity contribution in [1.29, 1.82) is 0 Å². The van der Waals surface area contributed by atoms with Gasteiger partial charge in [0.15, 0.2) is 0 Å². The van der Waals surface area contributed by atoms with E-state index >= 15 is 0 Å². The quantitative estimate of drug-likeness (QED) is 0.703. The number of nitrogens with zero attached hydrogens (tertiary/aromatic N) is 2. The maximum Gasteiger partial charge on any atom is 0.307 e. The molecule has 0 unspecified atom stereocenters. The smallest absolute Gasteiger partial charge is 0.307 e. The minimum absolute atomic E-state index is 0.122. The van der Waals surface area contributed by atoms with Crippen molar-refractivity contribution < 1.29 is 14.3 Å².